The normalized spacial score (nSPS) is 18.2. The Hall–Kier alpha value is -1.20. The van der Waals surface area contributed by atoms with E-state index in [0.29, 0.717) is 30.4 Å². The van der Waals surface area contributed by atoms with Gasteiger partial charge in [0.2, 0.25) is 0 Å². The molecule has 1 unspecified atom stereocenters. The van der Waals surface area contributed by atoms with Crippen LogP contribution >= 0.6 is 11.8 Å². The van der Waals surface area contributed by atoms with Gasteiger partial charge in [0.25, 0.3) is 5.91 Å². The van der Waals surface area contributed by atoms with Gasteiger partial charge >= 0.3 is 0 Å². The van der Waals surface area contributed by atoms with Crippen molar-refractivity contribution in [3.63, 3.8) is 0 Å². The number of hydrogen-bond donors (Lipinski definition) is 1. The van der Waals surface area contributed by atoms with Gasteiger partial charge in [0, 0.05) is 36.7 Å². The fourth-order valence-electron chi connectivity index (χ4n) is 2.35. The Morgan fingerprint density at radius 3 is 2.95 bits per heavy atom. The summed E-state index contributed by atoms with van der Waals surface area (Å²) in [6.45, 7) is 3.14. The van der Waals surface area contributed by atoms with Crippen LogP contribution in [0.3, 0.4) is 0 Å². The Morgan fingerprint density at radius 1 is 1.55 bits per heavy atom. The van der Waals surface area contributed by atoms with Crippen LogP contribution in [0.15, 0.2) is 18.2 Å². The molecule has 110 valence electrons. The number of rotatable bonds is 5. The van der Waals surface area contributed by atoms with Crippen LogP contribution in [0.2, 0.25) is 0 Å². The molecule has 2 N–H and O–H groups in total. The number of carbonyl (C=O) groups is 1. The van der Waals surface area contributed by atoms with Crippen molar-refractivity contribution in [3.8, 4) is 0 Å². The molecule has 1 aromatic carbocycles. The van der Waals surface area contributed by atoms with Crippen molar-refractivity contribution >= 4 is 23.4 Å². The van der Waals surface area contributed by atoms with E-state index in [-0.39, 0.29) is 5.91 Å². The molecular formula is C15H22N2O2S. The van der Waals surface area contributed by atoms with E-state index in [1.807, 2.05) is 35.7 Å². The van der Waals surface area contributed by atoms with Crippen LogP contribution < -0.4 is 5.73 Å². The minimum absolute atomic E-state index is 0.0567. The lowest BCUT2D eigenvalue weighted by molar-refractivity contribution is 0.0625. The molecule has 4 nitrogen and oxygen atoms in total. The molecule has 1 aliphatic rings. The molecule has 1 saturated heterocycles. The first-order chi connectivity index (χ1) is 9.63. The van der Waals surface area contributed by atoms with Gasteiger partial charge in [-0.2, -0.15) is 11.8 Å². The number of aryl methyl sites for hydroxylation is 1. The second kappa shape index (κ2) is 6.99. The number of thioether (sulfide) groups is 1. The van der Waals surface area contributed by atoms with Crippen molar-refractivity contribution in [1.82, 2.24) is 4.90 Å². The number of carbonyl (C=O) groups excluding carboxylic acids is 1. The van der Waals surface area contributed by atoms with E-state index in [1.54, 1.807) is 13.2 Å². The average Bonchev–Trinajstić information content (AvgIpc) is 2.96. The van der Waals surface area contributed by atoms with Crippen molar-refractivity contribution in [1.29, 1.82) is 0 Å². The zero-order valence-electron chi connectivity index (χ0n) is 12.1. The summed E-state index contributed by atoms with van der Waals surface area (Å²) in [5.41, 5.74) is 8.25. The molecule has 20 heavy (non-hydrogen) atoms. The number of ether oxygens (including phenoxy) is 1. The van der Waals surface area contributed by atoms with E-state index in [1.165, 1.54) is 0 Å². The summed E-state index contributed by atoms with van der Waals surface area (Å²) in [5.74, 6) is 2.19. The first-order valence-electron chi connectivity index (χ1n) is 6.87. The molecule has 1 heterocycles. The fourth-order valence-corrected chi connectivity index (χ4v) is 3.57. The lowest BCUT2D eigenvalue weighted by Crippen LogP contribution is -2.42. The first kappa shape index (κ1) is 15.2. The van der Waals surface area contributed by atoms with Crippen molar-refractivity contribution in [2.24, 2.45) is 0 Å². The van der Waals surface area contributed by atoms with Crippen LogP contribution in [0.25, 0.3) is 0 Å². The second-order valence-electron chi connectivity index (χ2n) is 5.08. The second-order valence-corrected chi connectivity index (χ2v) is 6.23. The lowest BCUT2D eigenvalue weighted by Gasteiger charge is -2.28. The molecule has 1 fully saturated rings. The highest BCUT2D eigenvalue weighted by Gasteiger charge is 2.27. The number of nitrogens with zero attached hydrogens (tertiary/aromatic N) is 1. The number of hydrogen-bond acceptors (Lipinski definition) is 4. The summed E-state index contributed by atoms with van der Waals surface area (Å²) < 4.78 is 5.14. The molecule has 5 heteroatoms. The molecule has 0 aromatic heterocycles. The first-order valence-corrected chi connectivity index (χ1v) is 8.02. The number of anilines is 1. The van der Waals surface area contributed by atoms with E-state index >= 15 is 0 Å². The zero-order valence-corrected chi connectivity index (χ0v) is 12.9. The zero-order chi connectivity index (χ0) is 14.5. The van der Waals surface area contributed by atoms with Gasteiger partial charge in [-0.05, 0) is 36.8 Å². The Labute approximate surface area is 124 Å². The predicted octanol–water partition coefficient (Wildman–Crippen LogP) is 2.17. The van der Waals surface area contributed by atoms with Crippen LogP contribution in [-0.2, 0) is 4.74 Å². The number of benzene rings is 1. The monoisotopic (exact) mass is 294 g/mol. The third kappa shape index (κ3) is 3.46. The molecule has 2 rings (SSSR count). The topological polar surface area (TPSA) is 55.6 Å². The number of nitrogen functional groups attached to an aromatic ring is 1. The molecule has 0 spiro atoms. The summed E-state index contributed by atoms with van der Waals surface area (Å²) in [4.78, 5) is 14.6. The molecular weight excluding hydrogens is 272 g/mol. The minimum atomic E-state index is 0.0567. The van der Waals surface area contributed by atoms with Crippen molar-refractivity contribution in [3.05, 3.63) is 29.3 Å². The lowest BCUT2D eigenvalue weighted by atomic mass is 10.1. The smallest absolute Gasteiger partial charge is 0.254 e. The van der Waals surface area contributed by atoms with Gasteiger partial charge in [-0.3, -0.25) is 4.79 Å². The molecule has 1 atom stereocenters. The minimum Gasteiger partial charge on any atom is -0.398 e. The maximum absolute atomic E-state index is 12.7. The standard InChI is InChI=1S/C15H22N2O2S/c1-11-3-4-12(9-14(11)16)15(18)17(6-7-19-2)13-5-8-20-10-13/h3-4,9,13H,5-8,10,16H2,1-2H3. The summed E-state index contributed by atoms with van der Waals surface area (Å²) in [6.07, 6.45) is 1.06. The average molecular weight is 294 g/mol. The van der Waals surface area contributed by atoms with E-state index in [9.17, 15) is 4.79 Å². The van der Waals surface area contributed by atoms with Crippen LogP contribution in [0.5, 0.6) is 0 Å². The molecule has 1 amide bonds. The van der Waals surface area contributed by atoms with Gasteiger partial charge < -0.3 is 15.4 Å². The maximum Gasteiger partial charge on any atom is 0.254 e. The van der Waals surface area contributed by atoms with Crippen LogP contribution in [-0.4, -0.2) is 48.6 Å². The van der Waals surface area contributed by atoms with Crippen molar-refractivity contribution in [2.45, 2.75) is 19.4 Å². The predicted molar refractivity (Wildman–Crippen MR) is 84.2 cm³/mol. The highest BCUT2D eigenvalue weighted by molar-refractivity contribution is 7.99. The Bertz CT molecular complexity index is 473. The van der Waals surface area contributed by atoms with Gasteiger partial charge in [0.15, 0.2) is 0 Å². The highest BCUT2D eigenvalue weighted by atomic mass is 32.2. The molecule has 0 bridgehead atoms. The quantitative estimate of drug-likeness (QED) is 0.846. The maximum atomic E-state index is 12.7. The molecule has 0 aliphatic carbocycles. The Kier molecular flexibility index (Phi) is 5.31. The third-order valence-electron chi connectivity index (χ3n) is 3.67. The number of methoxy groups -OCH3 is 1. The van der Waals surface area contributed by atoms with Crippen LogP contribution in [0.1, 0.15) is 22.3 Å². The summed E-state index contributed by atoms with van der Waals surface area (Å²) >= 11 is 1.90. The van der Waals surface area contributed by atoms with Crippen molar-refractivity contribution < 1.29 is 9.53 Å². The van der Waals surface area contributed by atoms with Crippen LogP contribution in [0, 0.1) is 6.92 Å². The van der Waals surface area contributed by atoms with Crippen molar-refractivity contribution in [2.75, 3.05) is 37.5 Å². The number of amides is 1. The van der Waals surface area contributed by atoms with Gasteiger partial charge in [0.1, 0.15) is 0 Å². The molecule has 0 radical (unpaired) electrons. The van der Waals surface area contributed by atoms with Gasteiger partial charge in [-0.1, -0.05) is 6.07 Å². The van der Waals surface area contributed by atoms with Crippen LogP contribution in [0.4, 0.5) is 5.69 Å². The SMILES string of the molecule is COCCN(C(=O)c1ccc(C)c(N)c1)C1CCSC1. The summed E-state index contributed by atoms with van der Waals surface area (Å²) in [6, 6.07) is 5.85. The molecule has 1 aliphatic heterocycles. The highest BCUT2D eigenvalue weighted by Crippen LogP contribution is 2.24. The molecule has 1 aromatic rings. The Morgan fingerprint density at radius 2 is 2.35 bits per heavy atom. The fraction of sp³-hybridized carbons (Fsp3) is 0.533. The van der Waals surface area contributed by atoms with Gasteiger partial charge in [0.05, 0.1) is 6.61 Å². The molecule has 0 saturated carbocycles. The summed E-state index contributed by atoms with van der Waals surface area (Å²) in [5, 5.41) is 0. The van der Waals surface area contributed by atoms with E-state index < -0.39 is 0 Å². The van der Waals surface area contributed by atoms with Gasteiger partial charge in [-0.15, -0.1) is 0 Å². The summed E-state index contributed by atoms with van der Waals surface area (Å²) in [7, 11) is 1.66. The third-order valence-corrected chi connectivity index (χ3v) is 4.81. The number of nitrogens with two attached hydrogens (primary N) is 1. The van der Waals surface area contributed by atoms with E-state index in [0.717, 1.165) is 23.5 Å². The van der Waals surface area contributed by atoms with E-state index in [4.69, 9.17) is 10.5 Å². The Balaban J connectivity index is 2.17. The largest absolute Gasteiger partial charge is 0.398 e. The van der Waals surface area contributed by atoms with E-state index in [2.05, 4.69) is 0 Å². The van der Waals surface area contributed by atoms with Gasteiger partial charge in [-0.25, -0.2) is 0 Å².